The van der Waals surface area contributed by atoms with E-state index in [-0.39, 0.29) is 23.6 Å². The van der Waals surface area contributed by atoms with Gasteiger partial charge in [-0.3, -0.25) is 14.7 Å². The van der Waals surface area contributed by atoms with Gasteiger partial charge in [-0.2, -0.15) is 0 Å². The molecule has 1 atom stereocenters. The molecule has 0 radical (unpaired) electrons. The molecule has 2 aliphatic heterocycles. The Labute approximate surface area is 184 Å². The van der Waals surface area contributed by atoms with E-state index < -0.39 is 5.92 Å². The smallest absolute Gasteiger partial charge is 0.277 e. The fourth-order valence-corrected chi connectivity index (χ4v) is 5.07. The van der Waals surface area contributed by atoms with Gasteiger partial charge in [0.15, 0.2) is 17.3 Å². The van der Waals surface area contributed by atoms with Crippen LogP contribution in [-0.4, -0.2) is 22.4 Å². The molecule has 1 aliphatic carbocycles. The number of hydrogen-bond donors (Lipinski definition) is 2. The Morgan fingerprint density at radius 2 is 1.78 bits per heavy atom. The summed E-state index contributed by atoms with van der Waals surface area (Å²) in [6, 6.07) is 15.1. The lowest BCUT2D eigenvalue weighted by atomic mass is 9.69. The zero-order valence-corrected chi connectivity index (χ0v) is 17.9. The first-order valence-corrected chi connectivity index (χ1v) is 10.7. The number of aromatic amines is 1. The van der Waals surface area contributed by atoms with Crippen LogP contribution in [0, 0.1) is 5.41 Å². The number of aromatic nitrogens is 2. The summed E-state index contributed by atoms with van der Waals surface area (Å²) in [5.74, 6) is 1.53. The second-order valence-electron chi connectivity index (χ2n) is 9.38. The molecule has 7 nitrogen and oxygen atoms in total. The van der Waals surface area contributed by atoms with Crippen LogP contribution in [0.5, 0.6) is 11.5 Å². The van der Waals surface area contributed by atoms with Crippen molar-refractivity contribution >= 4 is 11.6 Å². The van der Waals surface area contributed by atoms with Gasteiger partial charge < -0.3 is 14.8 Å². The maximum absolute atomic E-state index is 13.6. The van der Waals surface area contributed by atoms with E-state index in [0.717, 1.165) is 23.4 Å². The molecule has 6 rings (SSSR count). The Morgan fingerprint density at radius 3 is 2.59 bits per heavy atom. The molecule has 0 saturated carbocycles. The molecule has 7 heteroatoms. The van der Waals surface area contributed by atoms with Crippen molar-refractivity contribution in [2.24, 2.45) is 5.41 Å². The van der Waals surface area contributed by atoms with Gasteiger partial charge in [0.05, 0.1) is 11.3 Å². The highest BCUT2D eigenvalue weighted by Gasteiger charge is 2.43. The summed E-state index contributed by atoms with van der Waals surface area (Å²) in [6.45, 7) is 4.36. The molecule has 3 aromatic rings. The van der Waals surface area contributed by atoms with Gasteiger partial charge in [-0.1, -0.05) is 38.1 Å². The predicted molar refractivity (Wildman–Crippen MR) is 119 cm³/mol. The first-order valence-electron chi connectivity index (χ1n) is 10.7. The third-order valence-electron chi connectivity index (χ3n) is 6.44. The molecule has 0 amide bonds. The number of carbonyl (C=O) groups is 1. The summed E-state index contributed by atoms with van der Waals surface area (Å²) in [5.41, 5.74) is 3.35. The van der Waals surface area contributed by atoms with Gasteiger partial charge in [0.2, 0.25) is 6.79 Å². The summed E-state index contributed by atoms with van der Waals surface area (Å²) in [7, 11) is 0. The topological polar surface area (TPSA) is 85.4 Å². The van der Waals surface area contributed by atoms with Crippen molar-refractivity contribution in [1.82, 2.24) is 9.78 Å². The molecule has 0 bridgehead atoms. The summed E-state index contributed by atoms with van der Waals surface area (Å²) in [4.78, 5) is 27.0. The second-order valence-corrected chi connectivity index (χ2v) is 9.38. The molecule has 0 spiro atoms. The summed E-state index contributed by atoms with van der Waals surface area (Å²) in [6.07, 6.45) is 1.17. The minimum absolute atomic E-state index is 0.0731. The van der Waals surface area contributed by atoms with E-state index in [1.165, 1.54) is 4.68 Å². The number of para-hydroxylation sites is 1. The number of nitrogens with zero attached hydrogens (tertiary/aromatic N) is 1. The first-order chi connectivity index (χ1) is 15.4. The van der Waals surface area contributed by atoms with E-state index in [1.807, 2.05) is 48.5 Å². The number of hydrogen-bond acceptors (Lipinski definition) is 5. The number of nitrogens with one attached hydrogen (secondary N) is 2. The maximum atomic E-state index is 13.6. The average molecular weight is 429 g/mol. The molecule has 0 fully saturated rings. The Bertz CT molecular complexity index is 1350. The Balaban J connectivity index is 1.58. The fraction of sp³-hybridized carbons (Fsp3) is 0.280. The minimum Gasteiger partial charge on any atom is -0.454 e. The molecule has 1 unspecified atom stereocenters. The number of allylic oxidation sites excluding steroid dienone is 2. The van der Waals surface area contributed by atoms with Crippen LogP contribution >= 0.6 is 0 Å². The number of benzene rings is 2. The molecule has 162 valence electrons. The van der Waals surface area contributed by atoms with E-state index in [9.17, 15) is 9.59 Å². The van der Waals surface area contributed by atoms with Crippen LogP contribution in [0.3, 0.4) is 0 Å². The van der Waals surface area contributed by atoms with Crippen LogP contribution < -0.4 is 20.3 Å². The molecular formula is C25H23N3O4. The van der Waals surface area contributed by atoms with Gasteiger partial charge in [0.25, 0.3) is 5.56 Å². The van der Waals surface area contributed by atoms with E-state index >= 15 is 0 Å². The Morgan fingerprint density at radius 1 is 1.00 bits per heavy atom. The van der Waals surface area contributed by atoms with Crippen LogP contribution in [-0.2, 0) is 4.79 Å². The molecule has 3 heterocycles. The standard InChI is InChI=1S/C25H23N3O4/c1-25(2)11-16-21(17(29)12-25)20(14-8-9-18-19(10-14)32-13-31-18)22-23(26-16)27-28(24(22)30)15-6-4-3-5-7-15/h3-10,20,26-27H,11-13H2,1-2H3. The van der Waals surface area contributed by atoms with Crippen LogP contribution in [0.25, 0.3) is 5.69 Å². The van der Waals surface area contributed by atoms with Crippen LogP contribution in [0.2, 0.25) is 0 Å². The molecule has 2 N–H and O–H groups in total. The van der Waals surface area contributed by atoms with Gasteiger partial charge in [-0.05, 0) is 41.7 Å². The fourth-order valence-electron chi connectivity index (χ4n) is 5.07. The molecule has 32 heavy (non-hydrogen) atoms. The monoisotopic (exact) mass is 429 g/mol. The third kappa shape index (κ3) is 2.81. The number of Topliss-reactive ketones (excluding diaryl/α,β-unsaturated/α-hetero) is 1. The highest BCUT2D eigenvalue weighted by Crippen LogP contribution is 2.49. The number of ether oxygens (including phenoxy) is 2. The summed E-state index contributed by atoms with van der Waals surface area (Å²) < 4.78 is 12.6. The van der Waals surface area contributed by atoms with Crippen LogP contribution in [0.15, 0.2) is 64.6 Å². The molecular weight excluding hydrogens is 406 g/mol. The zero-order valence-electron chi connectivity index (χ0n) is 17.9. The number of anilines is 1. The van der Waals surface area contributed by atoms with E-state index in [1.54, 1.807) is 0 Å². The van der Waals surface area contributed by atoms with Gasteiger partial charge >= 0.3 is 0 Å². The number of carbonyl (C=O) groups excluding carboxylic acids is 1. The van der Waals surface area contributed by atoms with Gasteiger partial charge in [-0.25, -0.2) is 4.68 Å². The van der Waals surface area contributed by atoms with Crippen LogP contribution in [0.4, 0.5) is 5.82 Å². The van der Waals surface area contributed by atoms with Crippen molar-refractivity contribution in [1.29, 1.82) is 0 Å². The van der Waals surface area contributed by atoms with E-state index in [2.05, 4.69) is 24.3 Å². The van der Waals surface area contributed by atoms with Gasteiger partial charge in [0, 0.05) is 23.6 Å². The number of fused-ring (bicyclic) bond motifs is 2. The highest BCUT2D eigenvalue weighted by molar-refractivity contribution is 6.01. The summed E-state index contributed by atoms with van der Waals surface area (Å²) in [5, 5.41) is 6.63. The lowest BCUT2D eigenvalue weighted by Gasteiger charge is -2.37. The largest absolute Gasteiger partial charge is 0.454 e. The normalized spacial score (nSPS) is 20.6. The quantitative estimate of drug-likeness (QED) is 0.641. The van der Waals surface area contributed by atoms with E-state index in [0.29, 0.717) is 34.9 Å². The van der Waals surface area contributed by atoms with Crippen LogP contribution in [0.1, 0.15) is 43.7 Å². The maximum Gasteiger partial charge on any atom is 0.277 e. The number of ketones is 1. The van der Waals surface area contributed by atoms with Gasteiger partial charge in [0.1, 0.15) is 5.82 Å². The van der Waals surface area contributed by atoms with Crippen molar-refractivity contribution in [3.8, 4) is 17.2 Å². The third-order valence-corrected chi connectivity index (χ3v) is 6.44. The predicted octanol–water partition coefficient (Wildman–Crippen LogP) is 4.09. The first kappa shape index (κ1) is 19.0. The molecule has 0 saturated heterocycles. The minimum atomic E-state index is -0.479. The Kier molecular flexibility index (Phi) is 3.93. The van der Waals surface area contributed by atoms with Crippen molar-refractivity contribution in [2.75, 3.05) is 12.1 Å². The van der Waals surface area contributed by atoms with Crippen molar-refractivity contribution < 1.29 is 14.3 Å². The van der Waals surface area contributed by atoms with Gasteiger partial charge in [-0.15, -0.1) is 0 Å². The second kappa shape index (κ2) is 6.63. The lowest BCUT2D eigenvalue weighted by molar-refractivity contribution is -0.118. The molecule has 1 aromatic heterocycles. The SMILES string of the molecule is CC1(C)CC(=O)C2=C(C1)Nc1[nH]n(-c3ccccc3)c(=O)c1C2c1ccc2c(c1)OCO2. The number of H-pyrrole nitrogens is 1. The summed E-state index contributed by atoms with van der Waals surface area (Å²) >= 11 is 0. The van der Waals surface area contributed by atoms with Crippen molar-refractivity contribution in [2.45, 2.75) is 32.6 Å². The Hall–Kier alpha value is -3.74. The molecule has 3 aliphatic rings. The lowest BCUT2D eigenvalue weighted by Crippen LogP contribution is -2.35. The van der Waals surface area contributed by atoms with E-state index in [4.69, 9.17) is 9.47 Å². The molecule has 2 aromatic carbocycles. The zero-order chi connectivity index (χ0) is 22.0. The average Bonchev–Trinajstić information content (AvgIpc) is 3.36. The van der Waals surface area contributed by atoms with Crippen molar-refractivity contribution in [3.63, 3.8) is 0 Å². The number of rotatable bonds is 2. The van der Waals surface area contributed by atoms with Crippen molar-refractivity contribution in [3.05, 3.63) is 81.3 Å². The highest BCUT2D eigenvalue weighted by atomic mass is 16.7.